The Labute approximate surface area is 130 Å². The summed E-state index contributed by atoms with van der Waals surface area (Å²) < 4.78 is 18.2. The standard InChI is InChI=1S/C17H22FNO3/c1-12(8-13-4-6-15(18)7-5-13)17(21)19-9-16(20)11-22-10-14-2-3-14/h4-8,14,16,20H,2-3,9-11H2,1H3,(H,19,21)/b12-8-. The summed E-state index contributed by atoms with van der Waals surface area (Å²) in [6, 6.07) is 5.90. The molecule has 1 aromatic rings. The number of carbonyl (C=O) groups is 1. The number of amides is 1. The minimum absolute atomic E-state index is 0.151. The Balaban J connectivity index is 1.71. The van der Waals surface area contributed by atoms with Crippen molar-refractivity contribution in [1.29, 1.82) is 0 Å². The largest absolute Gasteiger partial charge is 0.389 e. The quantitative estimate of drug-likeness (QED) is 0.723. The Morgan fingerprint density at radius 1 is 1.45 bits per heavy atom. The fraction of sp³-hybridized carbons (Fsp3) is 0.471. The number of nitrogens with one attached hydrogen (secondary N) is 1. The molecule has 120 valence electrons. The van der Waals surface area contributed by atoms with Crippen LogP contribution in [0.3, 0.4) is 0 Å². The molecule has 1 aromatic carbocycles. The number of ether oxygens (including phenoxy) is 1. The lowest BCUT2D eigenvalue weighted by molar-refractivity contribution is -0.118. The Morgan fingerprint density at radius 2 is 2.14 bits per heavy atom. The highest BCUT2D eigenvalue weighted by atomic mass is 19.1. The van der Waals surface area contributed by atoms with Gasteiger partial charge in [-0.15, -0.1) is 0 Å². The first kappa shape index (κ1) is 16.6. The molecule has 2 rings (SSSR count). The monoisotopic (exact) mass is 307 g/mol. The number of halogens is 1. The molecule has 4 nitrogen and oxygen atoms in total. The van der Waals surface area contributed by atoms with Crippen LogP contribution in [-0.2, 0) is 9.53 Å². The Morgan fingerprint density at radius 3 is 2.77 bits per heavy atom. The first-order valence-electron chi connectivity index (χ1n) is 7.52. The lowest BCUT2D eigenvalue weighted by Gasteiger charge is -2.12. The van der Waals surface area contributed by atoms with Crippen molar-refractivity contribution < 1.29 is 19.0 Å². The van der Waals surface area contributed by atoms with Gasteiger partial charge in [0.1, 0.15) is 5.82 Å². The molecule has 0 radical (unpaired) electrons. The highest BCUT2D eigenvalue weighted by Crippen LogP contribution is 2.28. The van der Waals surface area contributed by atoms with E-state index in [0.717, 1.165) is 5.56 Å². The van der Waals surface area contributed by atoms with E-state index in [1.165, 1.54) is 25.0 Å². The summed E-state index contributed by atoms with van der Waals surface area (Å²) in [7, 11) is 0. The Bertz CT molecular complexity index is 523. The second-order valence-electron chi connectivity index (χ2n) is 5.72. The summed E-state index contributed by atoms with van der Waals surface area (Å²) in [5.41, 5.74) is 1.25. The van der Waals surface area contributed by atoms with E-state index in [2.05, 4.69) is 5.32 Å². The average Bonchev–Trinajstić information content (AvgIpc) is 3.31. The molecule has 1 aliphatic rings. The van der Waals surface area contributed by atoms with Gasteiger partial charge in [0.25, 0.3) is 0 Å². The summed E-state index contributed by atoms with van der Waals surface area (Å²) in [6.45, 7) is 2.75. The van der Waals surface area contributed by atoms with E-state index >= 15 is 0 Å². The van der Waals surface area contributed by atoms with E-state index in [4.69, 9.17) is 4.74 Å². The van der Waals surface area contributed by atoms with Gasteiger partial charge in [-0.05, 0) is 49.5 Å². The van der Waals surface area contributed by atoms with Gasteiger partial charge in [-0.25, -0.2) is 4.39 Å². The van der Waals surface area contributed by atoms with Crippen molar-refractivity contribution in [2.75, 3.05) is 19.8 Å². The lowest BCUT2D eigenvalue weighted by Crippen LogP contribution is -2.35. The Hall–Kier alpha value is -1.72. The van der Waals surface area contributed by atoms with Crippen molar-refractivity contribution >= 4 is 12.0 Å². The summed E-state index contributed by atoms with van der Waals surface area (Å²) in [5, 5.41) is 12.4. The molecule has 1 unspecified atom stereocenters. The molecule has 1 saturated carbocycles. The lowest BCUT2D eigenvalue weighted by atomic mass is 10.1. The minimum Gasteiger partial charge on any atom is -0.389 e. The van der Waals surface area contributed by atoms with Gasteiger partial charge in [-0.2, -0.15) is 0 Å². The molecule has 2 N–H and O–H groups in total. The smallest absolute Gasteiger partial charge is 0.247 e. The van der Waals surface area contributed by atoms with Gasteiger partial charge in [-0.1, -0.05) is 12.1 Å². The van der Waals surface area contributed by atoms with Crippen molar-refractivity contribution in [3.63, 3.8) is 0 Å². The zero-order valence-electron chi connectivity index (χ0n) is 12.7. The molecule has 1 aliphatic carbocycles. The second kappa shape index (κ2) is 8.06. The number of rotatable bonds is 8. The molecule has 0 heterocycles. The van der Waals surface area contributed by atoms with Crippen molar-refractivity contribution in [2.24, 2.45) is 5.92 Å². The maximum absolute atomic E-state index is 12.8. The van der Waals surface area contributed by atoms with Crippen LogP contribution < -0.4 is 5.32 Å². The van der Waals surface area contributed by atoms with Crippen molar-refractivity contribution in [1.82, 2.24) is 5.32 Å². The SMILES string of the molecule is C/C(=C/c1ccc(F)cc1)C(=O)NCC(O)COCC1CC1. The summed E-state index contributed by atoms with van der Waals surface area (Å²) in [4.78, 5) is 11.9. The molecule has 0 spiro atoms. The van der Waals surface area contributed by atoms with Crippen LogP contribution in [0.5, 0.6) is 0 Å². The first-order chi connectivity index (χ1) is 10.5. The van der Waals surface area contributed by atoms with Crippen LogP contribution in [0.4, 0.5) is 4.39 Å². The average molecular weight is 307 g/mol. The van der Waals surface area contributed by atoms with Gasteiger partial charge in [0.2, 0.25) is 5.91 Å². The molecule has 0 aliphatic heterocycles. The fourth-order valence-corrected chi connectivity index (χ4v) is 1.94. The molecule has 22 heavy (non-hydrogen) atoms. The van der Waals surface area contributed by atoms with Gasteiger partial charge in [0, 0.05) is 18.7 Å². The third-order valence-electron chi connectivity index (χ3n) is 3.47. The number of hydrogen-bond donors (Lipinski definition) is 2. The van der Waals surface area contributed by atoms with E-state index in [0.29, 0.717) is 18.1 Å². The maximum atomic E-state index is 12.8. The van der Waals surface area contributed by atoms with E-state index in [1.807, 2.05) is 0 Å². The molecule has 0 aromatic heterocycles. The maximum Gasteiger partial charge on any atom is 0.247 e. The molecule has 0 bridgehead atoms. The van der Waals surface area contributed by atoms with Crippen LogP contribution in [-0.4, -0.2) is 36.9 Å². The normalized spacial score (nSPS) is 16.4. The van der Waals surface area contributed by atoms with Crippen LogP contribution in [0.15, 0.2) is 29.8 Å². The predicted molar refractivity (Wildman–Crippen MR) is 82.6 cm³/mol. The number of aliphatic hydroxyl groups excluding tert-OH is 1. The van der Waals surface area contributed by atoms with Crippen molar-refractivity contribution in [3.05, 3.63) is 41.2 Å². The van der Waals surface area contributed by atoms with E-state index < -0.39 is 6.10 Å². The highest BCUT2D eigenvalue weighted by molar-refractivity contribution is 5.97. The third kappa shape index (κ3) is 5.95. The van der Waals surface area contributed by atoms with Gasteiger partial charge < -0.3 is 15.2 Å². The zero-order chi connectivity index (χ0) is 15.9. The number of benzene rings is 1. The third-order valence-corrected chi connectivity index (χ3v) is 3.47. The van der Waals surface area contributed by atoms with Gasteiger partial charge in [0.05, 0.1) is 12.7 Å². The highest BCUT2D eigenvalue weighted by Gasteiger charge is 2.21. The molecule has 1 amide bonds. The fourth-order valence-electron chi connectivity index (χ4n) is 1.94. The van der Waals surface area contributed by atoms with E-state index in [-0.39, 0.29) is 24.9 Å². The summed E-state index contributed by atoms with van der Waals surface area (Å²) in [5.74, 6) is 0.0850. The Kier molecular flexibility index (Phi) is 6.10. The minimum atomic E-state index is -0.707. The molecule has 1 fully saturated rings. The molecular weight excluding hydrogens is 285 g/mol. The number of carbonyl (C=O) groups excluding carboxylic acids is 1. The molecule has 1 atom stereocenters. The second-order valence-corrected chi connectivity index (χ2v) is 5.72. The van der Waals surface area contributed by atoms with Crippen molar-refractivity contribution in [3.8, 4) is 0 Å². The van der Waals surface area contributed by atoms with Crippen LogP contribution in [0.1, 0.15) is 25.3 Å². The van der Waals surface area contributed by atoms with Gasteiger partial charge in [0.15, 0.2) is 0 Å². The number of aliphatic hydroxyl groups is 1. The van der Waals surface area contributed by atoms with E-state index in [9.17, 15) is 14.3 Å². The van der Waals surface area contributed by atoms with Crippen LogP contribution in [0, 0.1) is 11.7 Å². The van der Waals surface area contributed by atoms with Gasteiger partial charge in [-0.3, -0.25) is 4.79 Å². The van der Waals surface area contributed by atoms with Crippen molar-refractivity contribution in [2.45, 2.75) is 25.9 Å². The number of hydrogen-bond acceptors (Lipinski definition) is 3. The van der Waals surface area contributed by atoms with E-state index in [1.54, 1.807) is 25.1 Å². The molecular formula is C17H22FNO3. The topological polar surface area (TPSA) is 58.6 Å². The zero-order valence-corrected chi connectivity index (χ0v) is 12.7. The van der Waals surface area contributed by atoms with Gasteiger partial charge >= 0.3 is 0 Å². The predicted octanol–water partition coefficient (Wildman–Crippen LogP) is 2.13. The van der Waals surface area contributed by atoms with Crippen LogP contribution >= 0.6 is 0 Å². The molecule has 0 saturated heterocycles. The first-order valence-corrected chi connectivity index (χ1v) is 7.52. The summed E-state index contributed by atoms with van der Waals surface area (Å²) in [6.07, 6.45) is 3.38. The van der Waals surface area contributed by atoms with Crippen LogP contribution in [0.25, 0.3) is 6.08 Å². The summed E-state index contributed by atoms with van der Waals surface area (Å²) >= 11 is 0. The molecule has 5 heteroatoms. The van der Waals surface area contributed by atoms with Crippen LogP contribution in [0.2, 0.25) is 0 Å².